The zero-order chi connectivity index (χ0) is 27.5. The Labute approximate surface area is 210 Å². The van der Waals surface area contributed by atoms with Gasteiger partial charge in [0.25, 0.3) is 11.8 Å². The molecular formula is C25H27F4N5O3. The van der Waals surface area contributed by atoms with Gasteiger partial charge in [-0.05, 0) is 56.2 Å². The summed E-state index contributed by atoms with van der Waals surface area (Å²) in [5.74, 6) is -2.38. The molecule has 0 aliphatic heterocycles. The van der Waals surface area contributed by atoms with Crippen LogP contribution in [0, 0.1) is 19.7 Å². The van der Waals surface area contributed by atoms with Crippen molar-refractivity contribution in [3.63, 3.8) is 0 Å². The fourth-order valence-corrected chi connectivity index (χ4v) is 3.84. The number of rotatable bonds is 8. The van der Waals surface area contributed by atoms with E-state index in [0.717, 1.165) is 27.9 Å². The van der Waals surface area contributed by atoms with Crippen LogP contribution in [0.4, 0.5) is 23.4 Å². The maximum absolute atomic E-state index is 14.0. The summed E-state index contributed by atoms with van der Waals surface area (Å²) in [4.78, 5) is 26.7. The molecule has 1 aromatic heterocycles. The molecule has 3 aromatic rings. The number of aromatic nitrogens is 2. The van der Waals surface area contributed by atoms with E-state index in [2.05, 4.69) is 10.4 Å². The number of hydrogen-bond donors (Lipinski definition) is 3. The molecule has 1 heterocycles. The monoisotopic (exact) mass is 521 g/mol. The van der Waals surface area contributed by atoms with E-state index in [1.54, 1.807) is 32.0 Å². The third kappa shape index (κ3) is 5.74. The van der Waals surface area contributed by atoms with Crippen LogP contribution in [0.2, 0.25) is 0 Å². The SMILES string of the molecule is CCN(C[C@@](O)(CNC(=O)c1cnn(-c2ccc(F)cc2)c1N)C(F)(F)F)C(=O)c1c(C)cccc1C. The summed E-state index contributed by atoms with van der Waals surface area (Å²) in [6.45, 7) is 2.36. The van der Waals surface area contributed by atoms with E-state index >= 15 is 0 Å². The van der Waals surface area contributed by atoms with Crippen LogP contribution >= 0.6 is 0 Å². The molecule has 0 bridgehead atoms. The minimum Gasteiger partial charge on any atom is -0.383 e. The van der Waals surface area contributed by atoms with Gasteiger partial charge in [-0.2, -0.15) is 18.3 Å². The van der Waals surface area contributed by atoms with Gasteiger partial charge >= 0.3 is 6.18 Å². The van der Waals surface area contributed by atoms with Crippen LogP contribution in [-0.2, 0) is 0 Å². The lowest BCUT2D eigenvalue weighted by atomic mass is 9.98. The molecule has 0 aliphatic rings. The predicted molar refractivity (Wildman–Crippen MR) is 129 cm³/mol. The minimum atomic E-state index is -5.18. The maximum Gasteiger partial charge on any atom is 0.420 e. The Morgan fingerprint density at radius 3 is 2.24 bits per heavy atom. The zero-order valence-electron chi connectivity index (χ0n) is 20.4. The number of nitrogens with zero attached hydrogens (tertiary/aromatic N) is 3. The molecule has 0 spiro atoms. The van der Waals surface area contributed by atoms with Gasteiger partial charge in [0.2, 0.25) is 0 Å². The first-order valence-electron chi connectivity index (χ1n) is 11.3. The first-order chi connectivity index (χ1) is 17.3. The third-order valence-corrected chi connectivity index (χ3v) is 6.01. The molecule has 198 valence electrons. The van der Waals surface area contributed by atoms with Gasteiger partial charge in [-0.3, -0.25) is 9.59 Å². The van der Waals surface area contributed by atoms with Gasteiger partial charge in [-0.25, -0.2) is 9.07 Å². The molecule has 1 atom stereocenters. The quantitative estimate of drug-likeness (QED) is 0.394. The van der Waals surface area contributed by atoms with Crippen LogP contribution in [0.15, 0.2) is 48.7 Å². The number of benzene rings is 2. The molecule has 0 saturated carbocycles. The van der Waals surface area contributed by atoms with Gasteiger partial charge in [0.05, 0.1) is 25.0 Å². The van der Waals surface area contributed by atoms with Gasteiger partial charge in [-0.1, -0.05) is 18.2 Å². The molecular weight excluding hydrogens is 494 g/mol. The predicted octanol–water partition coefficient (Wildman–Crippen LogP) is 3.40. The molecule has 0 fully saturated rings. The second-order valence-electron chi connectivity index (χ2n) is 8.63. The van der Waals surface area contributed by atoms with Crippen molar-refractivity contribution in [3.8, 4) is 5.69 Å². The first kappa shape index (κ1) is 27.7. The van der Waals surface area contributed by atoms with Crippen molar-refractivity contribution in [2.24, 2.45) is 0 Å². The highest BCUT2D eigenvalue weighted by molar-refractivity contribution is 5.98. The highest BCUT2D eigenvalue weighted by atomic mass is 19.4. The van der Waals surface area contributed by atoms with E-state index in [1.165, 1.54) is 19.1 Å². The largest absolute Gasteiger partial charge is 0.420 e. The van der Waals surface area contributed by atoms with Crippen molar-refractivity contribution in [3.05, 3.63) is 76.7 Å². The number of aryl methyl sites for hydroxylation is 2. The standard InChI is InChI=1S/C25H27F4N5O3/c1-4-33(23(36)20-15(2)6-5-7-16(20)3)14-24(37,25(27,28)29)13-31-22(35)19-12-32-34(21(19)30)18-10-8-17(26)9-11-18/h5-12,37H,4,13-14,30H2,1-3H3,(H,31,35)/t24-/m0/s1. The summed E-state index contributed by atoms with van der Waals surface area (Å²) >= 11 is 0. The molecule has 4 N–H and O–H groups in total. The van der Waals surface area contributed by atoms with Gasteiger partial charge in [-0.15, -0.1) is 0 Å². The Kier molecular flexibility index (Phi) is 7.91. The summed E-state index contributed by atoms with van der Waals surface area (Å²) in [6, 6.07) is 10.1. The molecule has 3 rings (SSSR count). The summed E-state index contributed by atoms with van der Waals surface area (Å²) in [7, 11) is 0. The van der Waals surface area contributed by atoms with E-state index in [1.807, 2.05) is 0 Å². The van der Waals surface area contributed by atoms with Crippen LogP contribution in [0.25, 0.3) is 5.69 Å². The minimum absolute atomic E-state index is 0.115. The van der Waals surface area contributed by atoms with Crippen LogP contribution < -0.4 is 11.1 Å². The Balaban J connectivity index is 1.81. The number of carbonyl (C=O) groups excluding carboxylic acids is 2. The number of carbonyl (C=O) groups is 2. The molecule has 0 saturated heterocycles. The smallest absolute Gasteiger partial charge is 0.383 e. The second-order valence-corrected chi connectivity index (χ2v) is 8.63. The van der Waals surface area contributed by atoms with Crippen LogP contribution in [0.5, 0.6) is 0 Å². The number of nitrogen functional groups attached to an aromatic ring is 1. The van der Waals surface area contributed by atoms with Gasteiger partial charge in [0, 0.05) is 12.1 Å². The third-order valence-electron chi connectivity index (χ3n) is 6.01. The zero-order valence-corrected chi connectivity index (χ0v) is 20.4. The summed E-state index contributed by atoms with van der Waals surface area (Å²) in [6.07, 6.45) is -4.14. The molecule has 8 nitrogen and oxygen atoms in total. The first-order valence-corrected chi connectivity index (χ1v) is 11.3. The van der Waals surface area contributed by atoms with Gasteiger partial charge in [0.15, 0.2) is 5.60 Å². The number of alkyl halides is 3. The molecule has 2 amide bonds. The number of amides is 2. The van der Waals surface area contributed by atoms with Crippen molar-refractivity contribution in [1.29, 1.82) is 0 Å². The number of aliphatic hydroxyl groups is 1. The van der Waals surface area contributed by atoms with E-state index in [4.69, 9.17) is 5.73 Å². The number of hydrogen-bond acceptors (Lipinski definition) is 5. The number of likely N-dealkylation sites (N-methyl/N-ethyl adjacent to an activating group) is 1. The number of anilines is 1. The lowest BCUT2D eigenvalue weighted by molar-refractivity contribution is -0.259. The molecule has 0 aliphatic carbocycles. The van der Waals surface area contributed by atoms with Crippen molar-refractivity contribution >= 4 is 17.6 Å². The van der Waals surface area contributed by atoms with Crippen molar-refractivity contribution in [2.75, 3.05) is 25.4 Å². The average molecular weight is 522 g/mol. The highest BCUT2D eigenvalue weighted by Crippen LogP contribution is 2.32. The lowest BCUT2D eigenvalue weighted by Gasteiger charge is -2.35. The Morgan fingerprint density at radius 2 is 1.70 bits per heavy atom. The van der Waals surface area contributed by atoms with E-state index < -0.39 is 42.5 Å². The summed E-state index contributed by atoms with van der Waals surface area (Å²) in [5, 5.41) is 16.6. The Hall–Kier alpha value is -3.93. The van der Waals surface area contributed by atoms with E-state index in [-0.39, 0.29) is 23.5 Å². The molecule has 37 heavy (non-hydrogen) atoms. The van der Waals surface area contributed by atoms with E-state index in [0.29, 0.717) is 16.8 Å². The van der Waals surface area contributed by atoms with Crippen LogP contribution in [0.3, 0.4) is 0 Å². The highest BCUT2D eigenvalue weighted by Gasteiger charge is 2.55. The van der Waals surface area contributed by atoms with Crippen LogP contribution in [0.1, 0.15) is 38.8 Å². The summed E-state index contributed by atoms with van der Waals surface area (Å²) in [5.41, 5.74) is 3.99. The number of nitrogens with two attached hydrogens (primary N) is 1. The average Bonchev–Trinajstić information content (AvgIpc) is 3.21. The topological polar surface area (TPSA) is 113 Å². The Morgan fingerprint density at radius 1 is 1.11 bits per heavy atom. The number of nitrogens with one attached hydrogen (secondary N) is 1. The molecule has 2 aromatic carbocycles. The van der Waals surface area contributed by atoms with Crippen molar-refractivity contribution in [1.82, 2.24) is 20.0 Å². The van der Waals surface area contributed by atoms with E-state index in [9.17, 15) is 32.3 Å². The summed E-state index contributed by atoms with van der Waals surface area (Å²) < 4.78 is 56.3. The normalized spacial score (nSPS) is 13.2. The maximum atomic E-state index is 14.0. The molecule has 0 radical (unpaired) electrons. The van der Waals surface area contributed by atoms with Crippen molar-refractivity contribution in [2.45, 2.75) is 32.5 Å². The Bertz CT molecular complexity index is 1270. The van der Waals surface area contributed by atoms with Crippen LogP contribution in [-0.4, -0.2) is 63.0 Å². The number of halogens is 4. The molecule has 12 heteroatoms. The lowest BCUT2D eigenvalue weighted by Crippen LogP contribution is -2.60. The van der Waals surface area contributed by atoms with Crippen molar-refractivity contribution < 1.29 is 32.3 Å². The fraction of sp³-hybridized carbons (Fsp3) is 0.320. The molecule has 0 unspecified atom stereocenters. The fourth-order valence-electron chi connectivity index (χ4n) is 3.84. The second kappa shape index (κ2) is 10.6. The van der Waals surface area contributed by atoms with Gasteiger partial charge < -0.3 is 21.1 Å². The van der Waals surface area contributed by atoms with Gasteiger partial charge in [0.1, 0.15) is 17.2 Å².